The molecule has 0 radical (unpaired) electrons. The highest BCUT2D eigenvalue weighted by molar-refractivity contribution is 5.92. The summed E-state index contributed by atoms with van der Waals surface area (Å²) in [7, 11) is 0. The normalized spacial score (nSPS) is 14.2. The van der Waals surface area contributed by atoms with E-state index in [2.05, 4.69) is 20.2 Å². The molecule has 136 valence electrons. The molecule has 26 heavy (non-hydrogen) atoms. The summed E-state index contributed by atoms with van der Waals surface area (Å²) in [5.41, 5.74) is 1.54. The van der Waals surface area contributed by atoms with E-state index in [4.69, 9.17) is 0 Å². The second kappa shape index (κ2) is 8.42. The number of benzene rings is 1. The van der Waals surface area contributed by atoms with Gasteiger partial charge >= 0.3 is 0 Å². The van der Waals surface area contributed by atoms with Crippen LogP contribution in [0, 0.1) is 0 Å². The standard InChI is InChI=1S/C19H23N5O2/c1-15(25)23-9-11-24(12-10-23)18-13-17(21-14-22-18)19(26)20-8-7-16-5-3-2-4-6-16/h2-6,13-14H,7-12H2,1H3,(H,20,26). The second-order valence-corrected chi connectivity index (χ2v) is 6.25. The summed E-state index contributed by atoms with van der Waals surface area (Å²) in [4.78, 5) is 36.0. The highest BCUT2D eigenvalue weighted by Crippen LogP contribution is 2.14. The van der Waals surface area contributed by atoms with Crippen LogP contribution in [0.1, 0.15) is 23.0 Å². The Morgan fingerprint density at radius 1 is 1.08 bits per heavy atom. The van der Waals surface area contributed by atoms with Crippen LogP contribution in [-0.4, -0.2) is 59.4 Å². The van der Waals surface area contributed by atoms with Gasteiger partial charge in [-0.1, -0.05) is 30.3 Å². The van der Waals surface area contributed by atoms with Crippen LogP contribution in [0.4, 0.5) is 5.82 Å². The van der Waals surface area contributed by atoms with Gasteiger partial charge in [0.05, 0.1) is 0 Å². The number of nitrogens with zero attached hydrogens (tertiary/aromatic N) is 4. The molecule has 1 N–H and O–H groups in total. The Hall–Kier alpha value is -2.96. The van der Waals surface area contributed by atoms with Crippen LogP contribution in [0.5, 0.6) is 0 Å². The predicted octanol–water partition coefficient (Wildman–Crippen LogP) is 1.12. The maximum absolute atomic E-state index is 12.3. The van der Waals surface area contributed by atoms with Crippen molar-refractivity contribution >= 4 is 17.6 Å². The molecule has 2 amide bonds. The highest BCUT2D eigenvalue weighted by Gasteiger charge is 2.20. The Balaban J connectivity index is 1.55. The van der Waals surface area contributed by atoms with Crippen molar-refractivity contribution < 1.29 is 9.59 Å². The van der Waals surface area contributed by atoms with Crippen LogP contribution >= 0.6 is 0 Å². The minimum Gasteiger partial charge on any atom is -0.353 e. The summed E-state index contributed by atoms with van der Waals surface area (Å²) >= 11 is 0. The molecule has 0 saturated carbocycles. The summed E-state index contributed by atoms with van der Waals surface area (Å²) in [5.74, 6) is 0.606. The molecule has 1 aromatic carbocycles. The summed E-state index contributed by atoms with van der Waals surface area (Å²) in [6.07, 6.45) is 2.19. The van der Waals surface area contributed by atoms with E-state index >= 15 is 0 Å². The van der Waals surface area contributed by atoms with Gasteiger partial charge in [-0.15, -0.1) is 0 Å². The van der Waals surface area contributed by atoms with E-state index in [9.17, 15) is 9.59 Å². The van der Waals surface area contributed by atoms with Gasteiger partial charge in [-0.3, -0.25) is 9.59 Å². The van der Waals surface area contributed by atoms with Crippen LogP contribution in [-0.2, 0) is 11.2 Å². The van der Waals surface area contributed by atoms with Crippen LogP contribution in [0.3, 0.4) is 0 Å². The minimum absolute atomic E-state index is 0.0887. The maximum atomic E-state index is 12.3. The van der Waals surface area contributed by atoms with E-state index in [1.807, 2.05) is 35.2 Å². The first kappa shape index (κ1) is 17.8. The SMILES string of the molecule is CC(=O)N1CCN(c2cc(C(=O)NCCc3ccccc3)ncn2)CC1. The molecule has 3 rings (SSSR count). The van der Waals surface area contributed by atoms with Gasteiger partial charge in [0.2, 0.25) is 5.91 Å². The van der Waals surface area contributed by atoms with E-state index in [0.717, 1.165) is 12.2 Å². The van der Waals surface area contributed by atoms with Gasteiger partial charge in [0.15, 0.2) is 0 Å². The molecule has 7 nitrogen and oxygen atoms in total. The van der Waals surface area contributed by atoms with Gasteiger partial charge in [0.1, 0.15) is 17.8 Å². The van der Waals surface area contributed by atoms with Crippen LogP contribution < -0.4 is 10.2 Å². The maximum Gasteiger partial charge on any atom is 0.270 e. The zero-order valence-corrected chi connectivity index (χ0v) is 14.9. The fraction of sp³-hybridized carbons (Fsp3) is 0.368. The largest absolute Gasteiger partial charge is 0.353 e. The van der Waals surface area contributed by atoms with Crippen molar-refractivity contribution in [2.45, 2.75) is 13.3 Å². The third-order valence-corrected chi connectivity index (χ3v) is 4.48. The van der Waals surface area contributed by atoms with Gasteiger partial charge in [-0.25, -0.2) is 9.97 Å². The molecule has 0 unspecified atom stereocenters. The van der Waals surface area contributed by atoms with Crippen molar-refractivity contribution in [1.82, 2.24) is 20.2 Å². The van der Waals surface area contributed by atoms with Gasteiger partial charge in [-0.2, -0.15) is 0 Å². The van der Waals surface area contributed by atoms with Gasteiger partial charge in [0.25, 0.3) is 5.91 Å². The van der Waals surface area contributed by atoms with Crippen molar-refractivity contribution in [3.8, 4) is 0 Å². The molecular weight excluding hydrogens is 330 g/mol. The molecule has 0 aliphatic carbocycles. The van der Waals surface area contributed by atoms with Crippen molar-refractivity contribution in [2.75, 3.05) is 37.6 Å². The molecule has 1 aromatic heterocycles. The molecule has 7 heteroatoms. The number of nitrogens with one attached hydrogen (secondary N) is 1. The lowest BCUT2D eigenvalue weighted by atomic mass is 10.1. The molecule has 1 fully saturated rings. The van der Waals surface area contributed by atoms with E-state index in [1.165, 1.54) is 11.9 Å². The number of carbonyl (C=O) groups excluding carboxylic acids is 2. The lowest BCUT2D eigenvalue weighted by molar-refractivity contribution is -0.129. The Bertz CT molecular complexity index is 758. The lowest BCUT2D eigenvalue weighted by Crippen LogP contribution is -2.48. The number of piperazine rings is 1. The molecule has 2 heterocycles. The van der Waals surface area contributed by atoms with Crippen molar-refractivity contribution in [2.24, 2.45) is 0 Å². The van der Waals surface area contributed by atoms with Crippen molar-refractivity contribution in [1.29, 1.82) is 0 Å². The Morgan fingerprint density at radius 2 is 1.81 bits per heavy atom. The Morgan fingerprint density at radius 3 is 2.50 bits per heavy atom. The minimum atomic E-state index is -0.202. The van der Waals surface area contributed by atoms with Crippen LogP contribution in [0.25, 0.3) is 0 Å². The zero-order chi connectivity index (χ0) is 18.4. The number of hydrogen-bond donors (Lipinski definition) is 1. The molecule has 0 bridgehead atoms. The summed E-state index contributed by atoms with van der Waals surface area (Å²) in [6, 6.07) is 11.7. The van der Waals surface area contributed by atoms with Gasteiger partial charge in [-0.05, 0) is 12.0 Å². The second-order valence-electron chi connectivity index (χ2n) is 6.25. The molecule has 1 saturated heterocycles. The number of aromatic nitrogens is 2. The smallest absolute Gasteiger partial charge is 0.270 e. The molecule has 1 aliphatic rings. The number of hydrogen-bond acceptors (Lipinski definition) is 5. The average Bonchev–Trinajstić information content (AvgIpc) is 2.69. The fourth-order valence-electron chi connectivity index (χ4n) is 2.95. The number of rotatable bonds is 5. The van der Waals surface area contributed by atoms with E-state index in [0.29, 0.717) is 38.4 Å². The third kappa shape index (κ3) is 4.56. The number of anilines is 1. The third-order valence-electron chi connectivity index (χ3n) is 4.48. The Labute approximate surface area is 153 Å². The van der Waals surface area contributed by atoms with Gasteiger partial charge < -0.3 is 15.1 Å². The van der Waals surface area contributed by atoms with Crippen LogP contribution in [0.15, 0.2) is 42.7 Å². The first-order valence-corrected chi connectivity index (χ1v) is 8.78. The molecular formula is C19H23N5O2. The van der Waals surface area contributed by atoms with Crippen LogP contribution in [0.2, 0.25) is 0 Å². The Kier molecular flexibility index (Phi) is 5.78. The first-order valence-electron chi connectivity index (χ1n) is 8.78. The predicted molar refractivity (Wildman–Crippen MR) is 99.0 cm³/mol. The topological polar surface area (TPSA) is 78.4 Å². The summed E-state index contributed by atoms with van der Waals surface area (Å²) in [6.45, 7) is 4.87. The highest BCUT2D eigenvalue weighted by atomic mass is 16.2. The van der Waals surface area contributed by atoms with E-state index in [-0.39, 0.29) is 11.8 Å². The van der Waals surface area contributed by atoms with Crippen molar-refractivity contribution in [3.63, 3.8) is 0 Å². The summed E-state index contributed by atoms with van der Waals surface area (Å²) in [5, 5.41) is 2.90. The number of amides is 2. The van der Waals surface area contributed by atoms with E-state index < -0.39 is 0 Å². The first-order chi connectivity index (χ1) is 12.6. The summed E-state index contributed by atoms with van der Waals surface area (Å²) < 4.78 is 0. The lowest BCUT2D eigenvalue weighted by Gasteiger charge is -2.34. The van der Waals surface area contributed by atoms with E-state index in [1.54, 1.807) is 13.0 Å². The molecule has 0 atom stereocenters. The quantitative estimate of drug-likeness (QED) is 0.871. The molecule has 2 aromatic rings. The molecule has 1 aliphatic heterocycles. The number of carbonyl (C=O) groups is 2. The monoisotopic (exact) mass is 353 g/mol. The van der Waals surface area contributed by atoms with Crippen molar-refractivity contribution in [3.05, 3.63) is 54.0 Å². The molecule has 0 spiro atoms. The average molecular weight is 353 g/mol. The van der Waals surface area contributed by atoms with Gasteiger partial charge in [0, 0.05) is 45.7 Å². The fourth-order valence-corrected chi connectivity index (χ4v) is 2.95. The zero-order valence-electron chi connectivity index (χ0n) is 14.9.